The predicted molar refractivity (Wildman–Crippen MR) is 101 cm³/mol. The number of hydrogen-bond acceptors (Lipinski definition) is 4. The van der Waals surface area contributed by atoms with Gasteiger partial charge in [-0.05, 0) is 24.5 Å². The maximum absolute atomic E-state index is 10.9. The summed E-state index contributed by atoms with van der Waals surface area (Å²) < 4.78 is 10.8. The number of guanidine groups is 1. The first-order valence-electron chi connectivity index (χ1n) is 7.43. The first-order valence-corrected chi connectivity index (χ1v) is 7.43. The van der Waals surface area contributed by atoms with Gasteiger partial charge in [-0.15, -0.1) is 24.0 Å². The molecule has 0 atom stereocenters. The van der Waals surface area contributed by atoms with Crippen LogP contribution in [0, 0.1) is 5.92 Å². The van der Waals surface area contributed by atoms with Crippen molar-refractivity contribution in [2.24, 2.45) is 16.6 Å². The van der Waals surface area contributed by atoms with Crippen molar-refractivity contribution in [3.8, 4) is 0 Å². The molecule has 0 aliphatic rings. The zero-order chi connectivity index (χ0) is 16.4. The van der Waals surface area contributed by atoms with Crippen LogP contribution in [0.2, 0.25) is 0 Å². The number of nitrogens with two attached hydrogens (primary N) is 1. The highest BCUT2D eigenvalue weighted by molar-refractivity contribution is 14.0. The van der Waals surface area contributed by atoms with Crippen molar-refractivity contribution in [1.82, 2.24) is 10.6 Å². The second-order valence-corrected chi connectivity index (χ2v) is 5.31. The Morgan fingerprint density at radius 2 is 2.13 bits per heavy atom. The van der Waals surface area contributed by atoms with Gasteiger partial charge in [0.05, 0.1) is 6.54 Å². The van der Waals surface area contributed by atoms with Gasteiger partial charge in [0.1, 0.15) is 5.76 Å². The summed E-state index contributed by atoms with van der Waals surface area (Å²) in [4.78, 5) is 15.0. The van der Waals surface area contributed by atoms with Crippen LogP contribution in [0.3, 0.4) is 0 Å². The van der Waals surface area contributed by atoms with E-state index in [4.69, 9.17) is 14.9 Å². The third kappa shape index (κ3) is 9.44. The first kappa shape index (κ1) is 21.7. The average molecular weight is 438 g/mol. The monoisotopic (exact) mass is 438 g/mol. The molecule has 0 aliphatic carbocycles. The van der Waals surface area contributed by atoms with Crippen LogP contribution < -0.4 is 16.4 Å². The molecular weight excluding hydrogens is 411 g/mol. The number of ether oxygens (including phenoxy) is 1. The van der Waals surface area contributed by atoms with E-state index in [2.05, 4.69) is 29.5 Å². The summed E-state index contributed by atoms with van der Waals surface area (Å²) in [6.45, 7) is 6.96. The molecular formula is C15H27IN4O3. The number of halogens is 1. The Balaban J connectivity index is 0.00000484. The smallest absolute Gasteiger partial charge is 0.284 e. The summed E-state index contributed by atoms with van der Waals surface area (Å²) in [5.74, 6) is 1.43. The summed E-state index contributed by atoms with van der Waals surface area (Å²) in [6, 6.07) is 3.27. The van der Waals surface area contributed by atoms with Gasteiger partial charge in [-0.3, -0.25) is 9.79 Å². The largest absolute Gasteiger partial charge is 0.454 e. The van der Waals surface area contributed by atoms with Crippen molar-refractivity contribution in [3.05, 3.63) is 23.7 Å². The second-order valence-electron chi connectivity index (χ2n) is 5.31. The number of rotatable bonds is 9. The number of aliphatic imine (C=N–C) groups is 1. The van der Waals surface area contributed by atoms with Gasteiger partial charge >= 0.3 is 0 Å². The second kappa shape index (κ2) is 12.2. The van der Waals surface area contributed by atoms with E-state index in [1.54, 1.807) is 19.2 Å². The highest BCUT2D eigenvalue weighted by atomic mass is 127. The van der Waals surface area contributed by atoms with Gasteiger partial charge in [0.2, 0.25) is 0 Å². The van der Waals surface area contributed by atoms with E-state index < -0.39 is 5.91 Å². The van der Waals surface area contributed by atoms with Crippen molar-refractivity contribution in [2.45, 2.75) is 26.8 Å². The maximum Gasteiger partial charge on any atom is 0.284 e. The van der Waals surface area contributed by atoms with Gasteiger partial charge in [-0.2, -0.15) is 0 Å². The molecule has 7 nitrogen and oxygen atoms in total. The predicted octanol–water partition coefficient (Wildman–Crippen LogP) is 1.72. The third-order valence-electron chi connectivity index (χ3n) is 2.77. The molecule has 0 aromatic carbocycles. The van der Waals surface area contributed by atoms with Gasteiger partial charge < -0.3 is 25.5 Å². The van der Waals surface area contributed by atoms with Crippen LogP contribution in [0.1, 0.15) is 36.6 Å². The number of primary amides is 1. The van der Waals surface area contributed by atoms with E-state index in [1.165, 1.54) is 0 Å². The molecule has 0 aliphatic heterocycles. The Labute approximate surface area is 154 Å². The lowest BCUT2D eigenvalue weighted by atomic mass is 10.2. The van der Waals surface area contributed by atoms with Crippen molar-refractivity contribution < 1.29 is 13.9 Å². The number of nitrogens with one attached hydrogen (secondary N) is 2. The van der Waals surface area contributed by atoms with E-state index in [0.717, 1.165) is 26.2 Å². The number of hydrogen-bond donors (Lipinski definition) is 3. The molecule has 23 heavy (non-hydrogen) atoms. The van der Waals surface area contributed by atoms with Crippen molar-refractivity contribution >= 4 is 35.8 Å². The fourth-order valence-electron chi connectivity index (χ4n) is 1.70. The van der Waals surface area contributed by atoms with Gasteiger partial charge in [0.15, 0.2) is 11.7 Å². The minimum absolute atomic E-state index is 0. The zero-order valence-corrected chi connectivity index (χ0v) is 16.3. The summed E-state index contributed by atoms with van der Waals surface area (Å²) >= 11 is 0. The average Bonchev–Trinajstić information content (AvgIpc) is 2.94. The Hall–Kier alpha value is -1.29. The molecule has 1 aromatic heterocycles. The fraction of sp³-hybridized carbons (Fsp3) is 0.600. The summed E-state index contributed by atoms with van der Waals surface area (Å²) in [6.07, 6.45) is 0.903. The normalized spacial score (nSPS) is 11.2. The van der Waals surface area contributed by atoms with Crippen LogP contribution in [0.5, 0.6) is 0 Å². The molecule has 0 bridgehead atoms. The van der Waals surface area contributed by atoms with Gasteiger partial charge in [-0.1, -0.05) is 13.8 Å². The lowest BCUT2D eigenvalue weighted by Crippen LogP contribution is -2.37. The van der Waals surface area contributed by atoms with E-state index in [1.807, 2.05) is 0 Å². The molecule has 0 saturated heterocycles. The van der Waals surface area contributed by atoms with Crippen molar-refractivity contribution in [2.75, 3.05) is 26.8 Å². The molecule has 132 valence electrons. The van der Waals surface area contributed by atoms with Crippen LogP contribution in [-0.4, -0.2) is 38.7 Å². The molecule has 0 unspecified atom stereocenters. The minimum atomic E-state index is -0.574. The lowest BCUT2D eigenvalue weighted by Gasteiger charge is -2.11. The number of furan rings is 1. The lowest BCUT2D eigenvalue weighted by molar-refractivity contribution is 0.0972. The molecule has 1 heterocycles. The van der Waals surface area contributed by atoms with Crippen molar-refractivity contribution in [3.63, 3.8) is 0 Å². The molecule has 0 saturated carbocycles. The summed E-state index contributed by atoms with van der Waals surface area (Å²) in [5, 5.41) is 6.28. The van der Waals surface area contributed by atoms with Crippen LogP contribution in [0.25, 0.3) is 0 Å². The van der Waals surface area contributed by atoms with E-state index in [-0.39, 0.29) is 29.7 Å². The molecule has 0 radical (unpaired) electrons. The molecule has 1 amide bonds. The fourth-order valence-corrected chi connectivity index (χ4v) is 1.70. The Morgan fingerprint density at radius 1 is 1.39 bits per heavy atom. The molecule has 4 N–H and O–H groups in total. The Bertz CT molecular complexity index is 489. The molecule has 8 heteroatoms. The van der Waals surface area contributed by atoms with Crippen LogP contribution in [0.4, 0.5) is 0 Å². The number of carbonyl (C=O) groups is 1. The molecule has 1 aromatic rings. The van der Waals surface area contributed by atoms with E-state index in [0.29, 0.717) is 24.2 Å². The van der Waals surface area contributed by atoms with Gasteiger partial charge in [0.25, 0.3) is 5.91 Å². The van der Waals surface area contributed by atoms with Crippen LogP contribution >= 0.6 is 24.0 Å². The maximum atomic E-state index is 10.9. The summed E-state index contributed by atoms with van der Waals surface area (Å²) in [7, 11) is 1.70. The molecule has 0 fully saturated rings. The molecule has 1 rings (SSSR count). The minimum Gasteiger partial charge on any atom is -0.454 e. The third-order valence-corrected chi connectivity index (χ3v) is 2.77. The zero-order valence-electron chi connectivity index (χ0n) is 13.9. The quantitative estimate of drug-likeness (QED) is 0.236. The number of carbonyl (C=O) groups excluding carboxylic acids is 1. The number of amides is 1. The van der Waals surface area contributed by atoms with Crippen LogP contribution in [0.15, 0.2) is 21.5 Å². The van der Waals surface area contributed by atoms with E-state index in [9.17, 15) is 4.79 Å². The van der Waals surface area contributed by atoms with Gasteiger partial charge in [0, 0.05) is 26.8 Å². The summed E-state index contributed by atoms with van der Waals surface area (Å²) in [5.41, 5.74) is 5.13. The van der Waals surface area contributed by atoms with Gasteiger partial charge in [-0.25, -0.2) is 0 Å². The molecule has 0 spiro atoms. The highest BCUT2D eigenvalue weighted by Crippen LogP contribution is 2.06. The van der Waals surface area contributed by atoms with E-state index >= 15 is 0 Å². The van der Waals surface area contributed by atoms with Crippen molar-refractivity contribution in [1.29, 1.82) is 0 Å². The highest BCUT2D eigenvalue weighted by Gasteiger charge is 2.07. The first-order chi connectivity index (χ1) is 10.5. The standard InChI is InChI=1S/C15H26N4O3.HI/c1-11(2)10-21-8-4-7-18-15(17-3)19-9-12-5-6-13(22-12)14(16)20;/h5-6,11H,4,7-10H2,1-3H3,(H2,16,20)(H2,17,18,19);1H. The Kier molecular flexibility index (Phi) is 11.5. The number of nitrogens with zero attached hydrogens (tertiary/aromatic N) is 1. The Morgan fingerprint density at radius 3 is 2.70 bits per heavy atom. The SMILES string of the molecule is CN=C(NCCCOCC(C)C)NCc1ccc(C(N)=O)o1.I. The van der Waals surface area contributed by atoms with Crippen LogP contribution in [-0.2, 0) is 11.3 Å². The topological polar surface area (TPSA) is 102 Å².